The first-order valence-electron chi connectivity index (χ1n) is 13.7. The molecule has 0 aromatic heterocycles. The van der Waals surface area contributed by atoms with Gasteiger partial charge in [0.05, 0.1) is 6.42 Å². The lowest BCUT2D eigenvalue weighted by Gasteiger charge is -2.23. The van der Waals surface area contributed by atoms with Crippen molar-refractivity contribution in [3.05, 3.63) is 108 Å². The van der Waals surface area contributed by atoms with E-state index in [1.807, 2.05) is 36.4 Å². The van der Waals surface area contributed by atoms with Crippen LogP contribution in [-0.4, -0.2) is 41.7 Å². The third-order valence-electron chi connectivity index (χ3n) is 6.66. The molecule has 0 bridgehead atoms. The minimum Gasteiger partial charge on any atom is -0.411 e. The molecule has 10 nitrogen and oxygen atoms in total. The van der Waals surface area contributed by atoms with E-state index in [0.717, 1.165) is 24.0 Å². The summed E-state index contributed by atoms with van der Waals surface area (Å²) in [5.41, 5.74) is 7.29. The number of primary amides is 1. The maximum Gasteiger partial charge on any atom is 0.409 e. The highest BCUT2D eigenvalue weighted by molar-refractivity contribution is 6.38. The van der Waals surface area contributed by atoms with E-state index < -0.39 is 41.7 Å². The first-order chi connectivity index (χ1) is 20.3. The Kier molecular flexibility index (Phi) is 10.4. The molecule has 5 N–H and O–H groups in total. The first kappa shape index (κ1) is 30.0. The van der Waals surface area contributed by atoms with E-state index in [1.165, 1.54) is 12.1 Å². The Morgan fingerprint density at radius 2 is 1.33 bits per heavy atom. The van der Waals surface area contributed by atoms with Gasteiger partial charge in [0.25, 0.3) is 5.91 Å². The lowest BCUT2D eigenvalue weighted by molar-refractivity contribution is -0.140. The van der Waals surface area contributed by atoms with E-state index in [4.69, 9.17) is 10.5 Å². The molecule has 42 heavy (non-hydrogen) atoms. The second-order valence-corrected chi connectivity index (χ2v) is 10.1. The number of hydrogen-bond acceptors (Lipinski definition) is 6. The molecular formula is C32H33N4O6. The number of rotatable bonds is 14. The molecule has 0 heterocycles. The van der Waals surface area contributed by atoms with Crippen LogP contribution in [0.2, 0.25) is 0 Å². The number of nitrogens with two attached hydrogens (primary N) is 1. The van der Waals surface area contributed by atoms with Crippen molar-refractivity contribution in [1.29, 1.82) is 0 Å². The fourth-order valence-electron chi connectivity index (χ4n) is 4.31. The number of hydrogen-bond donors (Lipinski definition) is 4. The molecule has 217 valence electrons. The highest BCUT2D eigenvalue weighted by atomic mass is 16.5. The number of carbonyl (C=O) groups excluding carboxylic acids is 5. The monoisotopic (exact) mass is 569 g/mol. The second-order valence-electron chi connectivity index (χ2n) is 10.1. The molecule has 0 spiro atoms. The number of nitrogens with one attached hydrogen (secondary N) is 3. The van der Waals surface area contributed by atoms with Crippen LogP contribution in [0.3, 0.4) is 0 Å². The van der Waals surface area contributed by atoms with Gasteiger partial charge in [-0.1, -0.05) is 72.8 Å². The van der Waals surface area contributed by atoms with Crippen LogP contribution in [-0.2, 0) is 38.6 Å². The third kappa shape index (κ3) is 9.58. The predicted molar refractivity (Wildman–Crippen MR) is 155 cm³/mol. The van der Waals surface area contributed by atoms with E-state index in [1.54, 1.807) is 42.8 Å². The minimum atomic E-state index is -1.17. The van der Waals surface area contributed by atoms with Crippen LogP contribution in [0.25, 0.3) is 0 Å². The van der Waals surface area contributed by atoms with E-state index >= 15 is 0 Å². The zero-order valence-corrected chi connectivity index (χ0v) is 23.0. The van der Waals surface area contributed by atoms with E-state index in [2.05, 4.69) is 16.0 Å². The molecule has 2 atom stereocenters. The fourth-order valence-corrected chi connectivity index (χ4v) is 4.31. The van der Waals surface area contributed by atoms with Gasteiger partial charge < -0.3 is 26.4 Å². The Morgan fingerprint density at radius 3 is 1.93 bits per heavy atom. The fraction of sp³-hybridized carbons (Fsp3) is 0.250. The van der Waals surface area contributed by atoms with Crippen molar-refractivity contribution in [1.82, 2.24) is 16.0 Å². The summed E-state index contributed by atoms with van der Waals surface area (Å²) in [5, 5.41) is 8.08. The van der Waals surface area contributed by atoms with Gasteiger partial charge in [0.1, 0.15) is 17.8 Å². The molecule has 0 unspecified atom stereocenters. The van der Waals surface area contributed by atoms with Gasteiger partial charge in [-0.25, -0.2) is 4.79 Å². The van der Waals surface area contributed by atoms with Crippen molar-refractivity contribution in [2.45, 2.75) is 44.3 Å². The van der Waals surface area contributed by atoms with Crippen LogP contribution >= 0.6 is 0 Å². The number of Topliss-reactive ketones (excluding diaryl/α,β-unsaturated/α-hetero) is 1. The highest BCUT2D eigenvalue weighted by Gasteiger charge is 2.32. The van der Waals surface area contributed by atoms with Gasteiger partial charge in [-0.2, -0.15) is 0 Å². The standard InChI is InChI=1S/C32H33N4O6/c33-32(41)42-25-15-13-22(14-16-25)18-27(35-28(37)19-23-11-12-23)30(39)36-26(17-21-7-3-1-4-8-21)29(38)31(40)34-20-24-9-5-2-6-10-24/h1-10,13-16,19,23,26-27H,11-12,17-18,20H2,(H2,33,41)(H,34,40)(H,35,37)(H,36,39)/t26-,27-/m0/s1. The van der Waals surface area contributed by atoms with Gasteiger partial charge in [-0.3, -0.25) is 19.2 Å². The van der Waals surface area contributed by atoms with Crippen molar-refractivity contribution < 1.29 is 28.7 Å². The van der Waals surface area contributed by atoms with Gasteiger partial charge in [-0.15, -0.1) is 0 Å². The minimum absolute atomic E-state index is 0.0815. The van der Waals surface area contributed by atoms with Crippen LogP contribution < -0.4 is 26.4 Å². The second kappa shape index (κ2) is 14.6. The van der Waals surface area contributed by atoms with E-state index in [0.29, 0.717) is 5.56 Å². The van der Waals surface area contributed by atoms with Crippen LogP contribution in [0.1, 0.15) is 29.5 Å². The Bertz CT molecular complexity index is 1390. The number of ether oxygens (including phenoxy) is 1. The summed E-state index contributed by atoms with van der Waals surface area (Å²) in [6.07, 6.45) is 2.59. The number of ketones is 1. The Labute approximate surface area is 244 Å². The summed E-state index contributed by atoms with van der Waals surface area (Å²) < 4.78 is 4.85. The lowest BCUT2D eigenvalue weighted by Crippen LogP contribution is -2.55. The largest absolute Gasteiger partial charge is 0.411 e. The molecule has 0 aliphatic heterocycles. The molecule has 4 amide bonds. The number of amides is 4. The topological polar surface area (TPSA) is 157 Å². The Hall–Kier alpha value is -4.99. The predicted octanol–water partition coefficient (Wildman–Crippen LogP) is 2.40. The molecule has 0 saturated heterocycles. The summed E-state index contributed by atoms with van der Waals surface area (Å²) in [6.45, 7) is 0.155. The summed E-state index contributed by atoms with van der Waals surface area (Å²) in [7, 11) is 0. The van der Waals surface area contributed by atoms with Crippen LogP contribution in [0.5, 0.6) is 5.75 Å². The third-order valence-corrected chi connectivity index (χ3v) is 6.66. The first-order valence-corrected chi connectivity index (χ1v) is 13.7. The summed E-state index contributed by atoms with van der Waals surface area (Å²) in [6, 6.07) is 22.3. The Morgan fingerprint density at radius 1 is 0.762 bits per heavy atom. The van der Waals surface area contributed by atoms with E-state index in [-0.39, 0.29) is 31.1 Å². The summed E-state index contributed by atoms with van der Waals surface area (Å²) >= 11 is 0. The molecular weight excluding hydrogens is 536 g/mol. The number of carbonyl (C=O) groups is 5. The molecule has 4 rings (SSSR count). The zero-order valence-electron chi connectivity index (χ0n) is 23.0. The van der Waals surface area contributed by atoms with Crippen molar-refractivity contribution in [3.63, 3.8) is 0 Å². The molecule has 1 aliphatic rings. The van der Waals surface area contributed by atoms with Crippen molar-refractivity contribution >= 4 is 29.6 Å². The highest BCUT2D eigenvalue weighted by Crippen LogP contribution is 2.31. The molecule has 1 aliphatic carbocycles. The van der Waals surface area contributed by atoms with Crippen molar-refractivity contribution in [2.75, 3.05) is 0 Å². The quantitative estimate of drug-likeness (QED) is 0.219. The van der Waals surface area contributed by atoms with Crippen molar-refractivity contribution in [3.8, 4) is 5.75 Å². The number of benzene rings is 3. The van der Waals surface area contributed by atoms with Gasteiger partial charge in [0, 0.05) is 19.4 Å². The molecule has 1 fully saturated rings. The summed E-state index contributed by atoms with van der Waals surface area (Å²) in [5.74, 6) is -2.22. The van der Waals surface area contributed by atoms with E-state index in [9.17, 15) is 24.0 Å². The average Bonchev–Trinajstić information content (AvgIpc) is 3.80. The molecule has 3 aromatic carbocycles. The average molecular weight is 570 g/mol. The molecule has 1 saturated carbocycles. The smallest absolute Gasteiger partial charge is 0.409 e. The van der Waals surface area contributed by atoms with Gasteiger partial charge >= 0.3 is 6.09 Å². The van der Waals surface area contributed by atoms with Gasteiger partial charge in [-0.05, 0) is 47.6 Å². The maximum atomic E-state index is 13.6. The van der Waals surface area contributed by atoms with Crippen LogP contribution in [0.15, 0.2) is 84.9 Å². The summed E-state index contributed by atoms with van der Waals surface area (Å²) in [4.78, 5) is 63.5. The van der Waals surface area contributed by atoms with Crippen LogP contribution in [0, 0.1) is 12.3 Å². The molecule has 10 heteroatoms. The van der Waals surface area contributed by atoms with Crippen molar-refractivity contribution in [2.24, 2.45) is 11.7 Å². The Balaban J connectivity index is 1.49. The van der Waals surface area contributed by atoms with Crippen LogP contribution in [0.4, 0.5) is 4.79 Å². The molecule has 1 radical (unpaired) electrons. The maximum absolute atomic E-state index is 13.6. The zero-order chi connectivity index (χ0) is 29.9. The van der Waals surface area contributed by atoms with Gasteiger partial charge in [0.2, 0.25) is 17.6 Å². The van der Waals surface area contributed by atoms with Gasteiger partial charge in [0.15, 0.2) is 0 Å². The molecule has 3 aromatic rings. The lowest BCUT2D eigenvalue weighted by atomic mass is 9.99. The SMILES string of the molecule is NC(=O)Oc1ccc(C[C@H](NC(=O)[CH]C2CC2)C(=O)N[C@@H](Cc2ccccc2)C(=O)C(=O)NCc2ccccc2)cc1. The normalized spacial score (nSPS) is 13.7.